The molecule has 0 bridgehead atoms. The Kier molecular flexibility index (Phi) is 5.76. The van der Waals surface area contributed by atoms with Gasteiger partial charge in [0.2, 0.25) is 0 Å². The van der Waals surface area contributed by atoms with Crippen LogP contribution in [-0.4, -0.2) is 67.1 Å². The largest absolute Gasteiger partial charge is 0.481 e. The maximum atomic E-state index is 12.2. The van der Waals surface area contributed by atoms with Gasteiger partial charge in [-0.05, 0) is 20.8 Å². The van der Waals surface area contributed by atoms with Crippen molar-refractivity contribution >= 4 is 12.0 Å². The van der Waals surface area contributed by atoms with Crippen LogP contribution >= 0.6 is 0 Å². The highest BCUT2D eigenvalue weighted by atomic mass is 16.5. The van der Waals surface area contributed by atoms with Gasteiger partial charge in [0.05, 0.1) is 24.9 Å². The molecule has 0 aromatic heterocycles. The fourth-order valence-corrected chi connectivity index (χ4v) is 2.08. The van der Waals surface area contributed by atoms with Crippen LogP contribution in [0.4, 0.5) is 4.79 Å². The van der Waals surface area contributed by atoms with E-state index in [-0.39, 0.29) is 19.2 Å². The number of ether oxygens (including phenoxy) is 2. The van der Waals surface area contributed by atoms with E-state index in [0.29, 0.717) is 13.1 Å². The van der Waals surface area contributed by atoms with Gasteiger partial charge in [0.1, 0.15) is 5.92 Å². The first-order valence-corrected chi connectivity index (χ1v) is 6.72. The van der Waals surface area contributed by atoms with Crippen molar-refractivity contribution in [2.75, 3.05) is 33.4 Å². The molecule has 1 aliphatic rings. The lowest BCUT2D eigenvalue weighted by Gasteiger charge is -2.31. The van der Waals surface area contributed by atoms with Crippen LogP contribution in [0, 0.1) is 5.92 Å². The number of urea groups is 1. The highest BCUT2D eigenvalue weighted by molar-refractivity contribution is 5.77. The summed E-state index contributed by atoms with van der Waals surface area (Å²) in [4.78, 5) is 24.9. The minimum Gasteiger partial charge on any atom is -0.481 e. The van der Waals surface area contributed by atoms with Gasteiger partial charge in [-0.3, -0.25) is 4.79 Å². The number of nitrogens with one attached hydrogen (secondary N) is 1. The molecule has 20 heavy (non-hydrogen) atoms. The molecule has 1 saturated heterocycles. The first-order valence-electron chi connectivity index (χ1n) is 6.72. The smallest absolute Gasteiger partial charge is 0.317 e. The van der Waals surface area contributed by atoms with E-state index in [1.807, 2.05) is 20.8 Å². The van der Waals surface area contributed by atoms with Gasteiger partial charge in [-0.2, -0.15) is 0 Å². The molecule has 0 radical (unpaired) electrons. The number of likely N-dealkylation sites (N-methyl/N-ethyl adjacent to an activating group) is 1. The Labute approximate surface area is 119 Å². The summed E-state index contributed by atoms with van der Waals surface area (Å²) >= 11 is 0. The van der Waals surface area contributed by atoms with E-state index in [2.05, 4.69) is 5.32 Å². The normalized spacial score (nSPS) is 22.6. The van der Waals surface area contributed by atoms with Crippen molar-refractivity contribution in [1.82, 2.24) is 10.2 Å². The molecule has 0 aliphatic carbocycles. The van der Waals surface area contributed by atoms with Gasteiger partial charge in [0.25, 0.3) is 0 Å². The average molecular weight is 288 g/mol. The van der Waals surface area contributed by atoms with Gasteiger partial charge in [-0.15, -0.1) is 0 Å². The van der Waals surface area contributed by atoms with Crippen molar-refractivity contribution < 1.29 is 24.2 Å². The SMILES string of the molecule is CCN(C(=O)NCC(C)(C)OC)C1COCC1C(=O)O. The fourth-order valence-electron chi connectivity index (χ4n) is 2.08. The monoisotopic (exact) mass is 288 g/mol. The Bertz CT molecular complexity index is 359. The Hall–Kier alpha value is -1.34. The maximum Gasteiger partial charge on any atom is 0.317 e. The molecular formula is C13H24N2O5. The van der Waals surface area contributed by atoms with Crippen LogP contribution in [0.5, 0.6) is 0 Å². The fraction of sp³-hybridized carbons (Fsp3) is 0.846. The molecule has 1 heterocycles. The molecule has 0 aromatic carbocycles. The first-order chi connectivity index (χ1) is 9.32. The molecular weight excluding hydrogens is 264 g/mol. The molecule has 116 valence electrons. The van der Waals surface area contributed by atoms with Crippen LogP contribution in [0.3, 0.4) is 0 Å². The van der Waals surface area contributed by atoms with E-state index in [4.69, 9.17) is 14.6 Å². The number of carboxylic acid groups (broad SMARTS) is 1. The third-order valence-corrected chi connectivity index (χ3v) is 3.59. The van der Waals surface area contributed by atoms with Gasteiger partial charge in [0, 0.05) is 20.2 Å². The number of rotatable bonds is 6. The molecule has 0 spiro atoms. The number of nitrogens with zero attached hydrogens (tertiary/aromatic N) is 1. The second-order valence-corrected chi connectivity index (χ2v) is 5.46. The Morgan fingerprint density at radius 2 is 2.10 bits per heavy atom. The minimum absolute atomic E-state index is 0.146. The highest BCUT2D eigenvalue weighted by Gasteiger charge is 2.39. The van der Waals surface area contributed by atoms with Crippen LogP contribution < -0.4 is 5.32 Å². The summed E-state index contributed by atoms with van der Waals surface area (Å²) in [6.07, 6.45) is 0. The molecule has 0 saturated carbocycles. The zero-order chi connectivity index (χ0) is 15.3. The van der Waals surface area contributed by atoms with E-state index in [1.54, 1.807) is 7.11 Å². The second kappa shape index (κ2) is 6.90. The highest BCUT2D eigenvalue weighted by Crippen LogP contribution is 2.20. The molecule has 2 N–H and O–H groups in total. The zero-order valence-electron chi connectivity index (χ0n) is 12.5. The van der Waals surface area contributed by atoms with E-state index in [9.17, 15) is 9.59 Å². The predicted molar refractivity (Wildman–Crippen MR) is 72.6 cm³/mol. The van der Waals surface area contributed by atoms with Crippen LogP contribution in [-0.2, 0) is 14.3 Å². The number of carboxylic acids is 1. The van der Waals surface area contributed by atoms with E-state index in [0.717, 1.165) is 0 Å². The van der Waals surface area contributed by atoms with E-state index < -0.39 is 23.5 Å². The number of hydrogen-bond donors (Lipinski definition) is 2. The standard InChI is InChI=1S/C13H24N2O5/c1-5-15(10-7-20-6-9(10)11(16)17)12(18)14-8-13(2,3)19-4/h9-10H,5-8H2,1-4H3,(H,14,18)(H,16,17). The van der Waals surface area contributed by atoms with Crippen molar-refractivity contribution in [3.8, 4) is 0 Å². The third-order valence-electron chi connectivity index (χ3n) is 3.59. The van der Waals surface area contributed by atoms with Crippen LogP contribution in [0.15, 0.2) is 0 Å². The summed E-state index contributed by atoms with van der Waals surface area (Å²) in [5, 5.41) is 11.9. The topological polar surface area (TPSA) is 88.1 Å². The van der Waals surface area contributed by atoms with Gasteiger partial charge in [0.15, 0.2) is 0 Å². The average Bonchev–Trinajstić information content (AvgIpc) is 2.87. The summed E-state index contributed by atoms with van der Waals surface area (Å²) in [5.41, 5.74) is -0.465. The van der Waals surface area contributed by atoms with Gasteiger partial charge >= 0.3 is 12.0 Å². The lowest BCUT2D eigenvalue weighted by Crippen LogP contribution is -2.52. The molecule has 2 atom stereocenters. The lowest BCUT2D eigenvalue weighted by atomic mass is 10.0. The first kappa shape index (κ1) is 16.7. The molecule has 1 aliphatic heterocycles. The Morgan fingerprint density at radius 3 is 2.60 bits per heavy atom. The van der Waals surface area contributed by atoms with Gasteiger partial charge in [-0.25, -0.2) is 4.79 Å². The predicted octanol–water partition coefficient (Wildman–Crippen LogP) is 0.543. The van der Waals surface area contributed by atoms with Crippen molar-refractivity contribution in [2.24, 2.45) is 5.92 Å². The summed E-state index contributed by atoms with van der Waals surface area (Å²) in [7, 11) is 1.58. The van der Waals surface area contributed by atoms with Gasteiger partial charge < -0.3 is 24.8 Å². The quantitative estimate of drug-likeness (QED) is 0.745. The van der Waals surface area contributed by atoms with Crippen LogP contribution in [0.1, 0.15) is 20.8 Å². The number of methoxy groups -OCH3 is 1. The van der Waals surface area contributed by atoms with E-state index in [1.165, 1.54) is 4.90 Å². The van der Waals surface area contributed by atoms with Crippen LogP contribution in [0.25, 0.3) is 0 Å². The molecule has 1 fully saturated rings. The van der Waals surface area contributed by atoms with Crippen molar-refractivity contribution in [1.29, 1.82) is 0 Å². The number of amides is 2. The molecule has 1 rings (SSSR count). The van der Waals surface area contributed by atoms with Gasteiger partial charge in [-0.1, -0.05) is 0 Å². The minimum atomic E-state index is -0.934. The second-order valence-electron chi connectivity index (χ2n) is 5.46. The van der Waals surface area contributed by atoms with Crippen molar-refractivity contribution in [3.05, 3.63) is 0 Å². The Balaban J connectivity index is 2.65. The van der Waals surface area contributed by atoms with Crippen molar-refractivity contribution in [2.45, 2.75) is 32.4 Å². The number of aliphatic carboxylic acids is 1. The molecule has 2 unspecified atom stereocenters. The summed E-state index contributed by atoms with van der Waals surface area (Å²) < 4.78 is 10.4. The van der Waals surface area contributed by atoms with Crippen molar-refractivity contribution in [3.63, 3.8) is 0 Å². The summed E-state index contributed by atoms with van der Waals surface area (Å²) in [6, 6.07) is -0.720. The Morgan fingerprint density at radius 1 is 1.45 bits per heavy atom. The molecule has 2 amide bonds. The number of carbonyl (C=O) groups excluding carboxylic acids is 1. The third kappa shape index (κ3) is 4.08. The summed E-state index contributed by atoms with van der Waals surface area (Å²) in [6.45, 7) is 6.73. The maximum absolute atomic E-state index is 12.2. The number of hydrogen-bond acceptors (Lipinski definition) is 4. The van der Waals surface area contributed by atoms with Crippen LogP contribution in [0.2, 0.25) is 0 Å². The number of carbonyl (C=O) groups is 2. The molecule has 0 aromatic rings. The zero-order valence-corrected chi connectivity index (χ0v) is 12.5. The summed E-state index contributed by atoms with van der Waals surface area (Å²) in [5.74, 6) is -1.60. The van der Waals surface area contributed by atoms with E-state index >= 15 is 0 Å². The molecule has 7 heteroatoms. The molecule has 7 nitrogen and oxygen atoms in total. The lowest BCUT2D eigenvalue weighted by molar-refractivity contribution is -0.142.